The Hall–Kier alpha value is -1.82. The van der Waals surface area contributed by atoms with Crippen molar-refractivity contribution in [3.63, 3.8) is 0 Å². The van der Waals surface area contributed by atoms with E-state index < -0.39 is 0 Å². The van der Waals surface area contributed by atoms with Gasteiger partial charge in [0.1, 0.15) is 0 Å². The Bertz CT molecular complexity index is 563. The Morgan fingerprint density at radius 1 is 1.22 bits per heavy atom. The Morgan fingerprint density at radius 3 is 2.35 bits per heavy atom. The Labute approximate surface area is 141 Å². The fourth-order valence-electron chi connectivity index (χ4n) is 2.59. The topological polar surface area (TPSA) is 48.0 Å². The van der Waals surface area contributed by atoms with E-state index in [4.69, 9.17) is 14.2 Å². The zero-order valence-corrected chi connectivity index (χ0v) is 14.8. The van der Waals surface area contributed by atoms with Gasteiger partial charge in [-0.05, 0) is 36.4 Å². The normalized spacial score (nSPS) is 17.6. The lowest BCUT2D eigenvalue weighted by molar-refractivity contribution is -0.124. The van der Waals surface area contributed by atoms with Crippen LogP contribution in [0.3, 0.4) is 0 Å². The summed E-state index contributed by atoms with van der Waals surface area (Å²) in [5.74, 6) is 1.72. The van der Waals surface area contributed by atoms with Crippen LogP contribution in [0.5, 0.6) is 17.2 Å². The highest BCUT2D eigenvalue weighted by atomic mass is 32.2. The summed E-state index contributed by atoms with van der Waals surface area (Å²) in [5, 5.41) is 0.550. The molecule has 1 saturated heterocycles. The minimum absolute atomic E-state index is 0.0373. The molecule has 5 nitrogen and oxygen atoms in total. The van der Waals surface area contributed by atoms with E-state index in [0.717, 1.165) is 25.1 Å². The number of ether oxygens (including phenoxy) is 3. The summed E-state index contributed by atoms with van der Waals surface area (Å²) < 4.78 is 15.9. The number of benzene rings is 1. The van der Waals surface area contributed by atoms with Crippen LogP contribution in [0.1, 0.15) is 12.0 Å². The van der Waals surface area contributed by atoms with Crippen LogP contribution in [0.15, 0.2) is 18.2 Å². The second-order valence-electron chi connectivity index (χ2n) is 5.22. The van der Waals surface area contributed by atoms with E-state index in [1.54, 1.807) is 33.5 Å². The molecule has 0 spiro atoms. The number of methoxy groups -OCH3 is 3. The summed E-state index contributed by atoms with van der Waals surface area (Å²) in [4.78, 5) is 14.1. The van der Waals surface area contributed by atoms with E-state index in [1.165, 1.54) is 0 Å². The molecule has 0 N–H and O–H groups in total. The highest BCUT2D eigenvalue weighted by molar-refractivity contribution is 7.99. The molecule has 1 aromatic carbocycles. The number of carbonyl (C=O) groups is 1. The molecular formula is C17H23NO4S. The first-order chi connectivity index (χ1) is 11.1. The predicted octanol–water partition coefficient (Wildman–Crippen LogP) is 2.69. The summed E-state index contributed by atoms with van der Waals surface area (Å²) in [5.41, 5.74) is 0.827. The van der Waals surface area contributed by atoms with Crippen molar-refractivity contribution in [2.75, 3.05) is 40.7 Å². The van der Waals surface area contributed by atoms with Crippen LogP contribution in [-0.2, 0) is 4.79 Å². The molecule has 1 amide bonds. The Balaban J connectivity index is 2.14. The zero-order chi connectivity index (χ0) is 16.8. The standard InChI is InChI=1S/C17H23NO4S/c1-20-14-9-12(10-15(21-2)17(14)22-3)5-6-16(19)18-8-7-13(11-18)23-4/h5-6,9-10,13H,7-8,11H2,1-4H3/b6-5+. The molecule has 0 bridgehead atoms. The van der Waals surface area contributed by atoms with E-state index in [2.05, 4.69) is 6.26 Å². The SMILES string of the molecule is COc1cc(/C=C/C(=O)N2CCC(SC)C2)cc(OC)c1OC. The molecule has 1 fully saturated rings. The van der Waals surface area contributed by atoms with Crippen molar-refractivity contribution in [2.45, 2.75) is 11.7 Å². The predicted molar refractivity (Wildman–Crippen MR) is 93.6 cm³/mol. The highest BCUT2D eigenvalue weighted by Gasteiger charge is 2.24. The van der Waals surface area contributed by atoms with E-state index >= 15 is 0 Å². The molecule has 1 aliphatic heterocycles. The van der Waals surface area contributed by atoms with Crippen LogP contribution in [0.2, 0.25) is 0 Å². The van der Waals surface area contributed by atoms with Crippen LogP contribution in [-0.4, -0.2) is 56.7 Å². The van der Waals surface area contributed by atoms with Crippen molar-refractivity contribution in [3.8, 4) is 17.2 Å². The van der Waals surface area contributed by atoms with Gasteiger partial charge in [0, 0.05) is 24.4 Å². The van der Waals surface area contributed by atoms with Crippen LogP contribution in [0.4, 0.5) is 0 Å². The fraction of sp³-hybridized carbons (Fsp3) is 0.471. The number of likely N-dealkylation sites (tertiary alicyclic amines) is 1. The molecule has 1 aromatic rings. The summed E-state index contributed by atoms with van der Waals surface area (Å²) >= 11 is 1.82. The minimum atomic E-state index is 0.0373. The third-order valence-electron chi connectivity index (χ3n) is 3.90. The van der Waals surface area contributed by atoms with Crippen LogP contribution in [0, 0.1) is 0 Å². The molecular weight excluding hydrogens is 314 g/mol. The monoisotopic (exact) mass is 337 g/mol. The highest BCUT2D eigenvalue weighted by Crippen LogP contribution is 2.38. The molecule has 0 aliphatic carbocycles. The van der Waals surface area contributed by atoms with Gasteiger partial charge in [-0.2, -0.15) is 11.8 Å². The number of hydrogen-bond acceptors (Lipinski definition) is 5. The van der Waals surface area contributed by atoms with Crippen LogP contribution < -0.4 is 14.2 Å². The third-order valence-corrected chi connectivity index (χ3v) is 4.95. The maximum Gasteiger partial charge on any atom is 0.246 e. The van der Waals surface area contributed by atoms with Crippen molar-refractivity contribution < 1.29 is 19.0 Å². The van der Waals surface area contributed by atoms with Crippen LogP contribution in [0.25, 0.3) is 6.08 Å². The van der Waals surface area contributed by atoms with Gasteiger partial charge in [-0.15, -0.1) is 0 Å². The maximum absolute atomic E-state index is 12.3. The van der Waals surface area contributed by atoms with Crippen molar-refractivity contribution in [1.29, 1.82) is 0 Å². The molecule has 23 heavy (non-hydrogen) atoms. The quantitative estimate of drug-likeness (QED) is 0.747. The van der Waals surface area contributed by atoms with Gasteiger partial charge in [0.15, 0.2) is 11.5 Å². The van der Waals surface area contributed by atoms with E-state index in [-0.39, 0.29) is 5.91 Å². The number of nitrogens with zero attached hydrogens (tertiary/aromatic N) is 1. The van der Waals surface area contributed by atoms with Gasteiger partial charge in [0.2, 0.25) is 11.7 Å². The molecule has 1 unspecified atom stereocenters. The van der Waals surface area contributed by atoms with Gasteiger partial charge >= 0.3 is 0 Å². The van der Waals surface area contributed by atoms with Crippen LogP contribution >= 0.6 is 11.8 Å². The first-order valence-electron chi connectivity index (χ1n) is 7.42. The minimum Gasteiger partial charge on any atom is -0.493 e. The van der Waals surface area contributed by atoms with Gasteiger partial charge in [-0.25, -0.2) is 0 Å². The molecule has 6 heteroatoms. The summed E-state index contributed by atoms with van der Waals surface area (Å²) in [6, 6.07) is 3.64. The summed E-state index contributed by atoms with van der Waals surface area (Å²) in [6.45, 7) is 1.64. The van der Waals surface area contributed by atoms with Gasteiger partial charge in [-0.3, -0.25) is 4.79 Å². The summed E-state index contributed by atoms with van der Waals surface area (Å²) in [6.07, 6.45) is 6.53. The first-order valence-corrected chi connectivity index (χ1v) is 8.71. The fourth-order valence-corrected chi connectivity index (χ4v) is 3.26. The van der Waals surface area contributed by atoms with Gasteiger partial charge in [0.05, 0.1) is 21.3 Å². The van der Waals surface area contributed by atoms with E-state index in [0.29, 0.717) is 22.5 Å². The molecule has 2 rings (SSSR count). The van der Waals surface area contributed by atoms with E-state index in [9.17, 15) is 4.79 Å². The third kappa shape index (κ3) is 4.13. The van der Waals surface area contributed by atoms with Crippen molar-refractivity contribution >= 4 is 23.7 Å². The Morgan fingerprint density at radius 2 is 1.87 bits per heavy atom. The second-order valence-corrected chi connectivity index (χ2v) is 6.36. The lowest BCUT2D eigenvalue weighted by Gasteiger charge is -2.14. The molecule has 126 valence electrons. The number of thioether (sulfide) groups is 1. The molecule has 0 aromatic heterocycles. The lowest BCUT2D eigenvalue weighted by atomic mass is 10.1. The molecule has 1 heterocycles. The Kier molecular flexibility index (Phi) is 6.21. The first kappa shape index (κ1) is 17.5. The smallest absolute Gasteiger partial charge is 0.246 e. The average Bonchev–Trinajstić information content (AvgIpc) is 3.07. The van der Waals surface area contributed by atoms with Gasteiger partial charge in [-0.1, -0.05) is 0 Å². The number of hydrogen-bond donors (Lipinski definition) is 0. The summed E-state index contributed by atoms with van der Waals surface area (Å²) in [7, 11) is 4.71. The zero-order valence-electron chi connectivity index (χ0n) is 14.0. The maximum atomic E-state index is 12.3. The van der Waals surface area contributed by atoms with Crippen molar-refractivity contribution in [3.05, 3.63) is 23.8 Å². The van der Waals surface area contributed by atoms with Crippen molar-refractivity contribution in [2.24, 2.45) is 0 Å². The number of amides is 1. The molecule has 1 aliphatic rings. The van der Waals surface area contributed by atoms with E-state index in [1.807, 2.05) is 28.8 Å². The lowest BCUT2D eigenvalue weighted by Crippen LogP contribution is -2.27. The number of rotatable bonds is 6. The van der Waals surface area contributed by atoms with Gasteiger partial charge < -0.3 is 19.1 Å². The average molecular weight is 337 g/mol. The van der Waals surface area contributed by atoms with Gasteiger partial charge in [0.25, 0.3) is 0 Å². The molecule has 0 radical (unpaired) electrons. The molecule has 1 atom stereocenters. The largest absolute Gasteiger partial charge is 0.493 e. The second kappa shape index (κ2) is 8.15. The molecule has 0 saturated carbocycles. The number of carbonyl (C=O) groups excluding carboxylic acids is 1. The van der Waals surface area contributed by atoms with Crippen molar-refractivity contribution in [1.82, 2.24) is 4.90 Å².